The fourth-order valence-corrected chi connectivity index (χ4v) is 2.47. The van der Waals surface area contributed by atoms with E-state index in [2.05, 4.69) is 10.5 Å². The number of carbonyl (C=O) groups is 2. The van der Waals surface area contributed by atoms with Crippen molar-refractivity contribution in [3.63, 3.8) is 0 Å². The molecule has 2 aliphatic rings. The van der Waals surface area contributed by atoms with Gasteiger partial charge in [0.25, 0.3) is 0 Å². The minimum atomic E-state index is -0.390. The summed E-state index contributed by atoms with van der Waals surface area (Å²) in [5.74, 6) is -0.165. The minimum Gasteiger partial charge on any atom is -0.445 e. The lowest BCUT2D eigenvalue weighted by Gasteiger charge is -2.25. The summed E-state index contributed by atoms with van der Waals surface area (Å²) in [6.07, 6.45) is 0.559. The number of rotatable bonds is 2. The third-order valence-corrected chi connectivity index (χ3v) is 3.51. The van der Waals surface area contributed by atoms with Crippen LogP contribution in [0.15, 0.2) is 35.4 Å². The molecule has 2 amide bonds. The van der Waals surface area contributed by atoms with E-state index in [1.807, 2.05) is 30.3 Å². The van der Waals surface area contributed by atoms with Gasteiger partial charge in [-0.1, -0.05) is 30.3 Å². The molecule has 1 aromatic carbocycles. The molecule has 1 atom stereocenters. The van der Waals surface area contributed by atoms with Gasteiger partial charge in [-0.2, -0.15) is 5.10 Å². The van der Waals surface area contributed by atoms with Gasteiger partial charge in [-0.25, -0.2) is 10.2 Å². The smallest absolute Gasteiger partial charge is 0.410 e. The van der Waals surface area contributed by atoms with E-state index in [0.29, 0.717) is 13.0 Å². The summed E-state index contributed by atoms with van der Waals surface area (Å²) in [5.41, 5.74) is 4.23. The fourth-order valence-electron chi connectivity index (χ4n) is 2.47. The number of hydrogen-bond donors (Lipinski definition) is 1. The number of amides is 2. The lowest BCUT2D eigenvalue weighted by molar-refractivity contribution is -0.122. The van der Waals surface area contributed by atoms with Gasteiger partial charge < -0.3 is 4.74 Å². The predicted octanol–water partition coefficient (Wildman–Crippen LogP) is 1.27. The average molecular weight is 273 g/mol. The Hall–Kier alpha value is -2.37. The lowest BCUT2D eigenvalue weighted by atomic mass is 10.1. The summed E-state index contributed by atoms with van der Waals surface area (Å²) >= 11 is 0. The van der Waals surface area contributed by atoms with Crippen LogP contribution in [0.1, 0.15) is 18.4 Å². The van der Waals surface area contributed by atoms with E-state index < -0.39 is 6.09 Å². The summed E-state index contributed by atoms with van der Waals surface area (Å²) in [6, 6.07) is 9.27. The Morgan fingerprint density at radius 2 is 2.20 bits per heavy atom. The van der Waals surface area contributed by atoms with Gasteiger partial charge in [0, 0.05) is 13.0 Å². The van der Waals surface area contributed by atoms with E-state index in [-0.39, 0.29) is 25.0 Å². The molecule has 1 N–H and O–H groups in total. The second-order valence-corrected chi connectivity index (χ2v) is 4.84. The normalized spacial score (nSPS) is 21.0. The Bertz CT molecular complexity index is 556. The van der Waals surface area contributed by atoms with Gasteiger partial charge >= 0.3 is 6.09 Å². The van der Waals surface area contributed by atoms with Crippen molar-refractivity contribution in [2.75, 3.05) is 6.54 Å². The summed E-state index contributed by atoms with van der Waals surface area (Å²) in [7, 11) is 0. The van der Waals surface area contributed by atoms with Gasteiger partial charge in [0.15, 0.2) is 0 Å². The van der Waals surface area contributed by atoms with E-state index in [0.717, 1.165) is 11.3 Å². The molecule has 0 spiro atoms. The van der Waals surface area contributed by atoms with Gasteiger partial charge in [-0.15, -0.1) is 0 Å². The first-order valence-electron chi connectivity index (χ1n) is 6.56. The number of hydrogen-bond acceptors (Lipinski definition) is 4. The second-order valence-electron chi connectivity index (χ2n) is 4.84. The van der Waals surface area contributed by atoms with Crippen LogP contribution in [0.5, 0.6) is 0 Å². The first-order valence-corrected chi connectivity index (χ1v) is 6.56. The average Bonchev–Trinajstić information content (AvgIpc) is 2.89. The number of likely N-dealkylation sites (tertiary alicyclic amines) is 1. The van der Waals surface area contributed by atoms with Crippen molar-refractivity contribution in [1.29, 1.82) is 0 Å². The monoisotopic (exact) mass is 273 g/mol. The van der Waals surface area contributed by atoms with Crippen molar-refractivity contribution in [2.24, 2.45) is 5.10 Å². The van der Waals surface area contributed by atoms with E-state index in [1.165, 1.54) is 0 Å². The van der Waals surface area contributed by atoms with E-state index in [4.69, 9.17) is 4.74 Å². The van der Waals surface area contributed by atoms with Crippen LogP contribution in [-0.2, 0) is 16.1 Å². The van der Waals surface area contributed by atoms with Crippen molar-refractivity contribution in [3.8, 4) is 0 Å². The topological polar surface area (TPSA) is 71.0 Å². The number of fused-ring (bicyclic) bond motifs is 1. The van der Waals surface area contributed by atoms with Crippen molar-refractivity contribution in [3.05, 3.63) is 35.9 Å². The van der Waals surface area contributed by atoms with Gasteiger partial charge in [0.05, 0.1) is 18.2 Å². The highest BCUT2D eigenvalue weighted by Crippen LogP contribution is 2.21. The van der Waals surface area contributed by atoms with Crippen molar-refractivity contribution in [1.82, 2.24) is 10.3 Å². The molecule has 0 bridgehead atoms. The molecular formula is C14H15N3O3. The van der Waals surface area contributed by atoms with Gasteiger partial charge in [0.1, 0.15) is 6.61 Å². The highest BCUT2D eigenvalue weighted by atomic mass is 16.6. The van der Waals surface area contributed by atoms with Gasteiger partial charge in [0.2, 0.25) is 5.91 Å². The van der Waals surface area contributed by atoms with Crippen LogP contribution in [0.25, 0.3) is 0 Å². The molecule has 104 valence electrons. The Labute approximate surface area is 116 Å². The Morgan fingerprint density at radius 1 is 1.40 bits per heavy atom. The molecule has 0 aliphatic carbocycles. The molecule has 1 fully saturated rings. The largest absolute Gasteiger partial charge is 0.445 e. The quantitative estimate of drug-likeness (QED) is 0.882. The summed E-state index contributed by atoms with van der Waals surface area (Å²) < 4.78 is 5.30. The van der Waals surface area contributed by atoms with Crippen molar-refractivity contribution in [2.45, 2.75) is 25.5 Å². The maximum absolute atomic E-state index is 12.1. The Morgan fingerprint density at radius 3 is 3.00 bits per heavy atom. The predicted molar refractivity (Wildman–Crippen MR) is 71.9 cm³/mol. The zero-order valence-electron chi connectivity index (χ0n) is 10.9. The minimum absolute atomic E-state index is 0.165. The number of hydrazone groups is 1. The number of benzene rings is 1. The van der Waals surface area contributed by atoms with Crippen molar-refractivity contribution >= 4 is 17.7 Å². The first-order chi connectivity index (χ1) is 9.74. The zero-order chi connectivity index (χ0) is 13.9. The molecule has 0 aromatic heterocycles. The SMILES string of the molecule is O=C1CC2C(=NN1)CCN2C(=O)OCc1ccccc1. The third kappa shape index (κ3) is 2.49. The van der Waals surface area contributed by atoms with Crippen LogP contribution in [0.4, 0.5) is 4.79 Å². The van der Waals surface area contributed by atoms with Crippen LogP contribution in [0.2, 0.25) is 0 Å². The van der Waals surface area contributed by atoms with Crippen LogP contribution in [0.3, 0.4) is 0 Å². The number of nitrogens with one attached hydrogen (secondary N) is 1. The summed E-state index contributed by atoms with van der Waals surface area (Å²) in [4.78, 5) is 25.0. The molecule has 2 heterocycles. The highest BCUT2D eigenvalue weighted by Gasteiger charge is 2.38. The van der Waals surface area contributed by atoms with Crippen LogP contribution < -0.4 is 5.43 Å². The Balaban J connectivity index is 1.62. The highest BCUT2D eigenvalue weighted by molar-refractivity contribution is 6.00. The molecule has 6 heteroatoms. The van der Waals surface area contributed by atoms with Crippen LogP contribution >= 0.6 is 0 Å². The molecule has 20 heavy (non-hydrogen) atoms. The van der Waals surface area contributed by atoms with Crippen molar-refractivity contribution < 1.29 is 14.3 Å². The van der Waals surface area contributed by atoms with Gasteiger partial charge in [-0.3, -0.25) is 9.69 Å². The van der Waals surface area contributed by atoms with Gasteiger partial charge in [-0.05, 0) is 5.56 Å². The summed E-state index contributed by atoms with van der Waals surface area (Å²) in [5, 5.41) is 3.99. The molecule has 1 aromatic rings. The number of ether oxygens (including phenoxy) is 1. The van der Waals surface area contributed by atoms with E-state index >= 15 is 0 Å². The van der Waals surface area contributed by atoms with Crippen LogP contribution in [-0.4, -0.2) is 35.2 Å². The molecule has 6 nitrogen and oxygen atoms in total. The molecular weight excluding hydrogens is 258 g/mol. The molecule has 1 saturated heterocycles. The van der Waals surface area contributed by atoms with E-state index in [9.17, 15) is 9.59 Å². The maximum atomic E-state index is 12.1. The Kier molecular flexibility index (Phi) is 3.37. The molecule has 0 saturated carbocycles. The molecule has 0 radical (unpaired) electrons. The second kappa shape index (κ2) is 5.32. The first kappa shape index (κ1) is 12.7. The molecule has 2 aliphatic heterocycles. The number of nitrogens with zero attached hydrogens (tertiary/aromatic N) is 2. The van der Waals surface area contributed by atoms with E-state index in [1.54, 1.807) is 4.90 Å². The summed E-state index contributed by atoms with van der Waals surface area (Å²) in [6.45, 7) is 0.785. The standard InChI is InChI=1S/C14H15N3O3/c18-13-8-12-11(15-16-13)6-7-17(12)14(19)20-9-10-4-2-1-3-5-10/h1-5,12H,6-9H2,(H,16,18). The molecule has 3 rings (SSSR count). The number of carbonyl (C=O) groups excluding carboxylic acids is 2. The lowest BCUT2D eigenvalue weighted by Crippen LogP contribution is -2.44. The maximum Gasteiger partial charge on any atom is 0.410 e. The van der Waals surface area contributed by atoms with Crippen LogP contribution in [0, 0.1) is 0 Å². The zero-order valence-corrected chi connectivity index (χ0v) is 10.9. The molecule has 1 unspecified atom stereocenters. The fraction of sp³-hybridized carbons (Fsp3) is 0.357. The third-order valence-electron chi connectivity index (χ3n) is 3.51.